The molecular weight excluding hydrogens is 356 g/mol. The third kappa shape index (κ3) is 4.03. The first-order valence-corrected chi connectivity index (χ1v) is 12.9. The quantitative estimate of drug-likeness (QED) is 0.423. The predicted molar refractivity (Wildman–Crippen MR) is 97.0 cm³/mol. The molecule has 1 saturated carbocycles. The van der Waals surface area contributed by atoms with Gasteiger partial charge in [0.15, 0.2) is 6.04 Å². The van der Waals surface area contributed by atoms with Crippen molar-refractivity contribution in [3.8, 4) is 0 Å². The Bertz CT molecular complexity index is 564. The van der Waals surface area contributed by atoms with E-state index in [9.17, 15) is 14.4 Å². The molecule has 3 atom stereocenters. The number of amides is 1. The van der Waals surface area contributed by atoms with E-state index in [2.05, 4.69) is 25.1 Å². The third-order valence-corrected chi connectivity index (χ3v) is 6.75. The Kier molecular flexibility index (Phi) is 6.33. The number of hydrazine groups is 1. The van der Waals surface area contributed by atoms with Crippen LogP contribution in [-0.4, -0.2) is 63.0 Å². The molecule has 0 aromatic heterocycles. The van der Waals surface area contributed by atoms with Gasteiger partial charge in [0, 0.05) is 14.0 Å². The first-order chi connectivity index (χ1) is 12.2. The lowest BCUT2D eigenvalue weighted by molar-refractivity contribution is -0.150. The van der Waals surface area contributed by atoms with E-state index in [0.29, 0.717) is 12.8 Å². The normalized spacial score (nSPS) is 27.8. The lowest BCUT2D eigenvalue weighted by Gasteiger charge is -2.26. The summed E-state index contributed by atoms with van der Waals surface area (Å²) in [6, 6.07) is -0.0710. The third-order valence-electron chi connectivity index (χ3n) is 5.05. The maximum absolute atomic E-state index is 12.6. The number of hydrogen-bond donors (Lipinski definition) is 1. The van der Waals surface area contributed by atoms with Crippen LogP contribution in [0.4, 0.5) is 4.79 Å². The summed E-state index contributed by atoms with van der Waals surface area (Å²) in [6.45, 7) is 8.76. The zero-order chi connectivity index (χ0) is 19.5. The van der Waals surface area contributed by atoms with E-state index in [4.69, 9.17) is 14.2 Å². The van der Waals surface area contributed by atoms with Crippen molar-refractivity contribution in [2.24, 2.45) is 5.92 Å². The van der Waals surface area contributed by atoms with Gasteiger partial charge in [-0.1, -0.05) is 26.1 Å². The number of rotatable bonds is 6. The molecule has 8 nitrogen and oxygen atoms in total. The fourth-order valence-corrected chi connectivity index (χ4v) is 4.43. The smallest absolute Gasteiger partial charge is 0.425 e. The minimum atomic E-state index is -1.36. The Morgan fingerprint density at radius 3 is 2.50 bits per heavy atom. The number of hydrogen-bond acceptors (Lipinski definition) is 7. The van der Waals surface area contributed by atoms with Crippen LogP contribution in [0, 0.1) is 5.92 Å². The summed E-state index contributed by atoms with van der Waals surface area (Å²) in [5.41, 5.74) is 1.87. The largest absolute Gasteiger partial charge is 0.468 e. The Balaban J connectivity index is 2.21. The summed E-state index contributed by atoms with van der Waals surface area (Å²) < 4.78 is 15.5. The minimum Gasteiger partial charge on any atom is -0.468 e. The van der Waals surface area contributed by atoms with Gasteiger partial charge in [0.25, 0.3) is 0 Å². The second-order valence-corrected chi connectivity index (χ2v) is 13.7. The Morgan fingerprint density at radius 2 is 1.92 bits per heavy atom. The minimum absolute atomic E-state index is 0.200. The fourth-order valence-electron chi connectivity index (χ4n) is 3.72. The Labute approximate surface area is 155 Å². The van der Waals surface area contributed by atoms with Gasteiger partial charge in [0.05, 0.1) is 20.3 Å². The van der Waals surface area contributed by atoms with Crippen molar-refractivity contribution in [1.82, 2.24) is 10.4 Å². The van der Waals surface area contributed by atoms with Gasteiger partial charge in [0.2, 0.25) is 0 Å². The van der Waals surface area contributed by atoms with Crippen molar-refractivity contribution >= 4 is 26.1 Å². The molecule has 0 unspecified atom stereocenters. The van der Waals surface area contributed by atoms with Crippen molar-refractivity contribution in [1.29, 1.82) is 0 Å². The summed E-state index contributed by atoms with van der Waals surface area (Å²) >= 11 is 0. The van der Waals surface area contributed by atoms with Crippen LogP contribution in [0.1, 0.15) is 26.2 Å². The lowest BCUT2D eigenvalue weighted by atomic mass is 9.84. The molecule has 1 N–H and O–H groups in total. The van der Waals surface area contributed by atoms with Gasteiger partial charge in [0.1, 0.15) is 5.54 Å². The maximum atomic E-state index is 12.6. The maximum Gasteiger partial charge on any atom is 0.425 e. The van der Waals surface area contributed by atoms with Gasteiger partial charge in [-0.3, -0.25) is 0 Å². The molecule has 1 amide bonds. The SMILES string of the molecule is CCOC(=O)[C@@H]1[C@H]2CCC[C@@]2(C(=O)OC)NN1C(=O)OCC[Si](C)(C)C. The zero-order valence-corrected chi connectivity index (χ0v) is 17.3. The molecule has 2 aliphatic rings. The number of ether oxygens (including phenoxy) is 3. The van der Waals surface area contributed by atoms with E-state index < -0.39 is 43.6 Å². The molecule has 1 aliphatic carbocycles. The number of methoxy groups -OCH3 is 1. The van der Waals surface area contributed by atoms with Crippen LogP contribution < -0.4 is 5.43 Å². The molecule has 148 valence electrons. The zero-order valence-electron chi connectivity index (χ0n) is 16.3. The Morgan fingerprint density at radius 1 is 1.23 bits per heavy atom. The average molecular weight is 387 g/mol. The first-order valence-electron chi connectivity index (χ1n) is 9.15. The van der Waals surface area contributed by atoms with Crippen LogP contribution in [0.5, 0.6) is 0 Å². The fraction of sp³-hybridized carbons (Fsp3) is 0.824. The molecule has 1 heterocycles. The van der Waals surface area contributed by atoms with Crippen LogP contribution in [0.2, 0.25) is 25.7 Å². The average Bonchev–Trinajstić information content (AvgIpc) is 3.09. The monoisotopic (exact) mass is 386 g/mol. The van der Waals surface area contributed by atoms with E-state index in [1.807, 2.05) is 0 Å². The van der Waals surface area contributed by atoms with E-state index in [1.54, 1.807) is 6.92 Å². The second-order valence-electron chi connectivity index (χ2n) is 8.07. The molecule has 2 rings (SSSR count). The lowest BCUT2D eigenvalue weighted by Crippen LogP contribution is -2.54. The number of nitrogens with zero attached hydrogens (tertiary/aromatic N) is 1. The van der Waals surface area contributed by atoms with Crippen LogP contribution in [0.15, 0.2) is 0 Å². The highest BCUT2D eigenvalue weighted by Crippen LogP contribution is 2.45. The number of carbonyl (C=O) groups excluding carboxylic acids is 3. The highest BCUT2D eigenvalue weighted by Gasteiger charge is 2.64. The van der Waals surface area contributed by atoms with E-state index >= 15 is 0 Å². The molecule has 0 spiro atoms. The van der Waals surface area contributed by atoms with Gasteiger partial charge in [-0.25, -0.2) is 24.8 Å². The molecule has 0 aromatic rings. The van der Waals surface area contributed by atoms with Gasteiger partial charge < -0.3 is 14.2 Å². The van der Waals surface area contributed by atoms with Gasteiger partial charge >= 0.3 is 18.0 Å². The van der Waals surface area contributed by atoms with Crippen LogP contribution >= 0.6 is 0 Å². The number of esters is 2. The highest BCUT2D eigenvalue weighted by molar-refractivity contribution is 6.76. The summed E-state index contributed by atoms with van der Waals surface area (Å²) in [5, 5.41) is 1.14. The number of carbonyl (C=O) groups is 3. The Hall–Kier alpha value is -1.61. The van der Waals surface area contributed by atoms with E-state index in [1.165, 1.54) is 7.11 Å². The first kappa shape index (κ1) is 20.7. The molecule has 26 heavy (non-hydrogen) atoms. The van der Waals surface area contributed by atoms with Crippen LogP contribution in [0.25, 0.3) is 0 Å². The van der Waals surface area contributed by atoms with Gasteiger partial charge in [-0.15, -0.1) is 0 Å². The number of fused-ring (bicyclic) bond motifs is 1. The van der Waals surface area contributed by atoms with Crippen molar-refractivity contribution < 1.29 is 28.6 Å². The highest BCUT2D eigenvalue weighted by atomic mass is 28.3. The van der Waals surface area contributed by atoms with Gasteiger partial charge in [-0.05, 0) is 25.8 Å². The molecule has 9 heteroatoms. The summed E-state index contributed by atoms with van der Waals surface area (Å²) in [5.74, 6) is -1.38. The molecule has 0 radical (unpaired) electrons. The molecule has 0 bridgehead atoms. The molecule has 1 saturated heterocycles. The molecule has 0 aromatic carbocycles. The summed E-state index contributed by atoms with van der Waals surface area (Å²) in [7, 11) is -0.0502. The van der Waals surface area contributed by atoms with Crippen molar-refractivity contribution in [2.75, 3.05) is 20.3 Å². The second kappa shape index (κ2) is 7.95. The van der Waals surface area contributed by atoms with Crippen molar-refractivity contribution in [2.45, 2.75) is 63.5 Å². The van der Waals surface area contributed by atoms with Crippen LogP contribution in [-0.2, 0) is 23.8 Å². The van der Waals surface area contributed by atoms with Crippen molar-refractivity contribution in [3.63, 3.8) is 0 Å². The van der Waals surface area contributed by atoms with Gasteiger partial charge in [-0.2, -0.15) is 0 Å². The van der Waals surface area contributed by atoms with Crippen molar-refractivity contribution in [3.05, 3.63) is 0 Å². The van der Waals surface area contributed by atoms with E-state index in [-0.39, 0.29) is 13.2 Å². The number of nitrogens with one attached hydrogen (secondary N) is 1. The molecule has 1 aliphatic heterocycles. The molecular formula is C17H30N2O6Si. The summed E-state index contributed by atoms with van der Waals surface area (Å²) in [4.78, 5) is 37.6. The predicted octanol–water partition coefficient (Wildman–Crippen LogP) is 1.92. The standard InChI is InChI=1S/C17H30N2O6Si/c1-6-24-14(20)13-12-8-7-9-17(12,15(21)23-2)18-19(13)16(22)25-10-11-26(3,4)5/h12-13,18H,6-11H2,1-5H3/t12-,13+,17-/m1/s1. The van der Waals surface area contributed by atoms with E-state index in [0.717, 1.165) is 17.5 Å². The molecule has 2 fully saturated rings. The topological polar surface area (TPSA) is 94.2 Å². The van der Waals surface area contributed by atoms with Crippen LogP contribution in [0.3, 0.4) is 0 Å². The summed E-state index contributed by atoms with van der Waals surface area (Å²) in [6.07, 6.45) is 1.24.